The van der Waals surface area contributed by atoms with Crippen LogP contribution in [0.2, 0.25) is 0 Å². The molecular formula is C76H131N2O6P. The van der Waals surface area contributed by atoms with Gasteiger partial charge in [0, 0.05) is 6.42 Å². The molecule has 8 nitrogen and oxygen atoms in total. The first kappa shape index (κ1) is 81.4. The quantitative estimate of drug-likeness (QED) is 0.0272. The minimum atomic E-state index is -4.62. The van der Waals surface area contributed by atoms with Crippen molar-refractivity contribution in [2.75, 3.05) is 40.9 Å². The summed E-state index contributed by atoms with van der Waals surface area (Å²) in [6, 6.07) is -0.921. The number of nitrogens with one attached hydrogen (secondary N) is 1. The number of likely N-dealkylation sites (N-methyl/N-ethyl adjacent to an activating group) is 1. The van der Waals surface area contributed by atoms with Crippen LogP contribution in [0, 0.1) is 0 Å². The number of aliphatic hydroxyl groups excluding tert-OH is 1. The van der Waals surface area contributed by atoms with E-state index < -0.39 is 26.6 Å². The maximum Gasteiger partial charge on any atom is 0.268 e. The van der Waals surface area contributed by atoms with Crippen LogP contribution in [-0.2, 0) is 18.4 Å². The summed E-state index contributed by atoms with van der Waals surface area (Å²) < 4.78 is 23.4. The zero-order valence-corrected chi connectivity index (χ0v) is 56.4. The molecule has 9 heteroatoms. The molecule has 0 heterocycles. The van der Waals surface area contributed by atoms with Gasteiger partial charge in [-0.1, -0.05) is 301 Å². The number of quaternary nitrogens is 1. The largest absolute Gasteiger partial charge is 0.756 e. The van der Waals surface area contributed by atoms with Crippen LogP contribution < -0.4 is 10.2 Å². The van der Waals surface area contributed by atoms with Gasteiger partial charge in [-0.15, -0.1) is 0 Å². The zero-order valence-electron chi connectivity index (χ0n) is 55.5. The number of phosphoric acid groups is 1. The van der Waals surface area contributed by atoms with E-state index in [4.69, 9.17) is 9.05 Å². The molecule has 0 rings (SSSR count). The smallest absolute Gasteiger partial charge is 0.268 e. The highest BCUT2D eigenvalue weighted by atomic mass is 31.2. The van der Waals surface area contributed by atoms with Crippen molar-refractivity contribution in [2.45, 2.75) is 289 Å². The summed E-state index contributed by atoms with van der Waals surface area (Å²) in [7, 11) is 1.22. The van der Waals surface area contributed by atoms with Crippen molar-refractivity contribution >= 4 is 13.7 Å². The van der Waals surface area contributed by atoms with Crippen molar-refractivity contribution in [2.24, 2.45) is 0 Å². The fourth-order valence-corrected chi connectivity index (χ4v) is 10.1. The summed E-state index contributed by atoms with van der Waals surface area (Å²) in [5.74, 6) is -0.216. The predicted molar refractivity (Wildman–Crippen MR) is 371 cm³/mol. The molecule has 1 amide bonds. The van der Waals surface area contributed by atoms with Crippen molar-refractivity contribution in [3.8, 4) is 0 Å². The first-order valence-corrected chi connectivity index (χ1v) is 36.2. The number of phosphoric ester groups is 1. The molecule has 3 atom stereocenters. The first-order valence-electron chi connectivity index (χ1n) is 34.7. The van der Waals surface area contributed by atoms with Gasteiger partial charge in [-0.05, 0) is 116 Å². The Kier molecular flexibility index (Phi) is 62.1. The molecule has 0 saturated carbocycles. The molecule has 0 radical (unpaired) electrons. The number of nitrogens with zero attached hydrogens (tertiary/aromatic N) is 1. The van der Waals surface area contributed by atoms with Crippen molar-refractivity contribution < 1.29 is 32.9 Å². The van der Waals surface area contributed by atoms with Gasteiger partial charge in [0.2, 0.25) is 5.91 Å². The Morgan fingerprint density at radius 1 is 0.424 bits per heavy atom. The second kappa shape index (κ2) is 64.8. The minimum absolute atomic E-state index is 0.0149. The standard InChI is InChI=1S/C76H131N2O6P/c1-6-8-10-12-14-16-18-20-22-24-26-28-30-31-32-33-34-35-36-37-38-39-40-41-42-43-44-45-46-47-48-50-52-54-56-58-60-62-64-66-68-70-76(80)77-74(73-84-85(81,82)83-72-71-78(3,4)5)75(79)69-67-65-63-61-59-57-55-53-51-49-29-27-25-23-21-19-17-15-13-11-9-7-2/h8,10,14,16,20,22,26,28,31-32,34-35,37-38,40-41,43-44,51,53,59,61,67,69,74-75,79H,6-7,9,11-13,15,17-19,21,23-25,27,29-30,33,36,39,42,45-50,52,54-58,60,62-66,68,70-73H2,1-5H3,(H-,77,80,81,82)/b10-8-,16-14-,22-20-,28-26-,32-31-,35-34-,38-37-,41-40-,44-43-,53-51+,61-59+,69-67+. The lowest BCUT2D eigenvalue weighted by Crippen LogP contribution is -2.45. The van der Waals surface area contributed by atoms with Crippen molar-refractivity contribution in [1.29, 1.82) is 0 Å². The highest BCUT2D eigenvalue weighted by Gasteiger charge is 2.23. The van der Waals surface area contributed by atoms with E-state index >= 15 is 0 Å². The first-order chi connectivity index (χ1) is 41.5. The van der Waals surface area contributed by atoms with Crippen LogP contribution >= 0.6 is 7.82 Å². The molecule has 0 saturated heterocycles. The summed E-state index contributed by atoms with van der Waals surface area (Å²) in [5, 5.41) is 13.9. The van der Waals surface area contributed by atoms with Crippen LogP contribution in [0.1, 0.15) is 277 Å². The van der Waals surface area contributed by atoms with E-state index in [-0.39, 0.29) is 12.5 Å². The summed E-state index contributed by atoms with van der Waals surface area (Å²) >= 11 is 0. The second-order valence-electron chi connectivity index (χ2n) is 24.1. The third-order valence-corrected chi connectivity index (χ3v) is 15.7. The SMILES string of the molecule is CC/C=C\C/C=C\C/C=C\C/C=C\C/C=C\C/C=C\C/C=C\C/C=C\C/C=C\CCCCCCCCCCCCCCCC(=O)NC(COP(=O)([O-])OCC[N+](C)(C)C)C(O)/C=C/CC/C=C/CC/C=C/CCCCCCCCCCCCCC. The molecule has 2 N–H and O–H groups in total. The second-order valence-corrected chi connectivity index (χ2v) is 25.5. The Labute approximate surface area is 525 Å². The van der Waals surface area contributed by atoms with E-state index in [0.717, 1.165) is 103 Å². The topological polar surface area (TPSA) is 108 Å². The van der Waals surface area contributed by atoms with Crippen molar-refractivity contribution in [3.63, 3.8) is 0 Å². The van der Waals surface area contributed by atoms with Gasteiger partial charge >= 0.3 is 0 Å². The molecule has 0 aromatic rings. The average molecular weight is 1200 g/mol. The Hall–Kier alpha value is -3.62. The molecule has 0 aliphatic carbocycles. The lowest BCUT2D eigenvalue weighted by molar-refractivity contribution is -0.870. The fraction of sp³-hybridized carbons (Fsp3) is 0.671. The van der Waals surface area contributed by atoms with Crippen LogP contribution in [0.25, 0.3) is 0 Å². The van der Waals surface area contributed by atoms with Gasteiger partial charge in [0.25, 0.3) is 7.82 Å². The van der Waals surface area contributed by atoms with E-state index in [1.807, 2.05) is 27.2 Å². The molecule has 0 aromatic carbocycles. The molecular weight excluding hydrogens is 1070 g/mol. The zero-order chi connectivity index (χ0) is 61.9. The summed E-state index contributed by atoms with van der Waals surface area (Å²) in [6.07, 6.45) is 99.6. The van der Waals surface area contributed by atoms with Gasteiger partial charge < -0.3 is 28.8 Å². The Bertz CT molecular complexity index is 1900. The molecule has 0 aliphatic heterocycles. The highest BCUT2D eigenvalue weighted by molar-refractivity contribution is 7.45. The highest BCUT2D eigenvalue weighted by Crippen LogP contribution is 2.38. The van der Waals surface area contributed by atoms with Gasteiger partial charge in [-0.25, -0.2) is 0 Å². The van der Waals surface area contributed by atoms with Crippen LogP contribution in [0.4, 0.5) is 0 Å². The number of hydrogen-bond donors (Lipinski definition) is 2. The van der Waals surface area contributed by atoms with Crippen LogP contribution in [0.5, 0.6) is 0 Å². The maximum atomic E-state index is 13.0. The Balaban J connectivity index is 4.13. The minimum Gasteiger partial charge on any atom is -0.756 e. The number of aliphatic hydroxyl groups is 1. The lowest BCUT2D eigenvalue weighted by Gasteiger charge is -2.29. The van der Waals surface area contributed by atoms with Crippen LogP contribution in [0.15, 0.2) is 146 Å². The van der Waals surface area contributed by atoms with Gasteiger partial charge in [-0.3, -0.25) is 9.36 Å². The lowest BCUT2D eigenvalue weighted by atomic mass is 10.0. The fourth-order valence-electron chi connectivity index (χ4n) is 9.41. The number of allylic oxidation sites excluding steroid dienone is 23. The molecule has 0 aliphatic rings. The van der Waals surface area contributed by atoms with E-state index in [2.05, 4.69) is 153 Å². The molecule has 0 bridgehead atoms. The molecule has 0 spiro atoms. The van der Waals surface area contributed by atoms with E-state index in [1.54, 1.807) is 6.08 Å². The normalized spacial score (nSPS) is 14.6. The number of carbonyl (C=O) groups is 1. The van der Waals surface area contributed by atoms with E-state index in [1.165, 1.54) is 154 Å². The van der Waals surface area contributed by atoms with Gasteiger partial charge in [0.1, 0.15) is 13.2 Å². The number of hydrogen-bond acceptors (Lipinski definition) is 6. The molecule has 0 fully saturated rings. The average Bonchev–Trinajstić information content (AvgIpc) is 3.48. The Morgan fingerprint density at radius 2 is 0.729 bits per heavy atom. The predicted octanol–water partition coefficient (Wildman–Crippen LogP) is 21.7. The summed E-state index contributed by atoms with van der Waals surface area (Å²) in [4.78, 5) is 25.6. The maximum absolute atomic E-state index is 13.0. The van der Waals surface area contributed by atoms with Crippen molar-refractivity contribution in [3.05, 3.63) is 146 Å². The van der Waals surface area contributed by atoms with E-state index in [9.17, 15) is 19.4 Å². The number of unbranched alkanes of at least 4 members (excludes halogenated alkanes) is 27. The van der Waals surface area contributed by atoms with Gasteiger partial charge in [0.15, 0.2) is 0 Å². The number of amides is 1. The van der Waals surface area contributed by atoms with Crippen molar-refractivity contribution in [1.82, 2.24) is 5.32 Å². The van der Waals surface area contributed by atoms with Crippen LogP contribution in [0.3, 0.4) is 0 Å². The molecule has 3 unspecified atom stereocenters. The van der Waals surface area contributed by atoms with Crippen LogP contribution in [-0.4, -0.2) is 68.5 Å². The van der Waals surface area contributed by atoms with Gasteiger partial charge in [-0.2, -0.15) is 0 Å². The van der Waals surface area contributed by atoms with Gasteiger partial charge in [0.05, 0.1) is 39.9 Å². The molecule has 486 valence electrons. The number of rotatable bonds is 62. The number of carbonyl (C=O) groups excluding carboxylic acids is 1. The summed E-state index contributed by atoms with van der Waals surface area (Å²) in [5.41, 5.74) is 0. The Morgan fingerprint density at radius 3 is 1.09 bits per heavy atom. The molecule has 0 aromatic heterocycles. The third-order valence-electron chi connectivity index (χ3n) is 14.8. The molecule has 85 heavy (non-hydrogen) atoms. The monoisotopic (exact) mass is 1200 g/mol. The summed E-state index contributed by atoms with van der Waals surface area (Å²) in [6.45, 7) is 4.51. The van der Waals surface area contributed by atoms with E-state index in [0.29, 0.717) is 17.4 Å². The third kappa shape index (κ3) is 67.7.